The molecule has 1 aliphatic heterocycles. The number of alkyl halides is 2. The normalized spacial score (nSPS) is 17.0. The summed E-state index contributed by atoms with van der Waals surface area (Å²) in [4.78, 5) is 28.1. The molecule has 0 radical (unpaired) electrons. The van der Waals surface area contributed by atoms with Gasteiger partial charge < -0.3 is 25.4 Å². The minimum Gasteiger partial charge on any atom is -0.493 e. The van der Waals surface area contributed by atoms with Gasteiger partial charge in [-0.05, 0) is 61.2 Å². The molecule has 3 heterocycles. The number of piperazine rings is 1. The van der Waals surface area contributed by atoms with Crippen molar-refractivity contribution in [3.05, 3.63) is 70.4 Å². The van der Waals surface area contributed by atoms with E-state index in [1.54, 1.807) is 37.3 Å². The van der Waals surface area contributed by atoms with Crippen molar-refractivity contribution in [3.8, 4) is 17.3 Å². The number of H-pyrrole nitrogens is 1. The third-order valence-corrected chi connectivity index (χ3v) is 8.21. The van der Waals surface area contributed by atoms with E-state index in [0.717, 1.165) is 12.8 Å². The number of aromatic nitrogens is 3. The largest absolute Gasteiger partial charge is 0.493 e. The molecule has 1 saturated heterocycles. The Morgan fingerprint density at radius 3 is 2.67 bits per heavy atom. The van der Waals surface area contributed by atoms with Crippen LogP contribution in [0.25, 0.3) is 22.4 Å². The first-order valence-corrected chi connectivity index (χ1v) is 14.3. The zero-order chi connectivity index (χ0) is 29.6. The third kappa shape index (κ3) is 5.51. The third-order valence-electron chi connectivity index (χ3n) is 7.97. The average molecular weight is 597 g/mol. The van der Waals surface area contributed by atoms with Crippen LogP contribution in [0.1, 0.15) is 35.6 Å². The number of hydrogen-bond acceptors (Lipinski definition) is 7. The number of aryl methyl sites for hydroxylation is 1. The van der Waals surface area contributed by atoms with E-state index in [9.17, 15) is 15.0 Å². The minimum atomic E-state index is -3.72. The number of aliphatic hydroxyl groups is 1. The number of anilines is 1. The Morgan fingerprint density at radius 1 is 1.19 bits per heavy atom. The standard InChI is InChI=1S/C30H31ClF2N6O3/c1-17-13-19(30(32,33)29(42)39-11-9-38(10-12-39)21-5-6-21)15-23-26(17)37-27(36-23)25-22(7-8-34-28(25)41)35-16-24(40)18-3-2-4-20(31)14-18/h2-4,7-8,13-15,21,24,40H,5-6,9-12,16H2,1H3,(H,36,37)(H2,34,35,41)/t24-/m0/s1. The number of aromatic hydroxyl groups is 1. The van der Waals surface area contributed by atoms with Crippen molar-refractivity contribution in [2.45, 2.75) is 37.8 Å². The Balaban J connectivity index is 1.25. The summed E-state index contributed by atoms with van der Waals surface area (Å²) >= 11 is 6.04. The van der Waals surface area contributed by atoms with Crippen LogP contribution >= 0.6 is 11.6 Å². The molecule has 220 valence electrons. The van der Waals surface area contributed by atoms with Gasteiger partial charge in [-0.3, -0.25) is 9.69 Å². The SMILES string of the molecule is Cc1cc(C(F)(F)C(=O)N2CCN(C3CC3)CC2)cc2nc(-c3c(NC[C@H](O)c4cccc(Cl)c4)ccnc3O)[nH]c12. The highest BCUT2D eigenvalue weighted by Crippen LogP contribution is 2.38. The Bertz CT molecular complexity index is 1630. The molecule has 6 rings (SSSR count). The molecule has 2 fully saturated rings. The number of halogens is 3. The number of pyridine rings is 1. The number of nitrogens with one attached hydrogen (secondary N) is 2. The highest BCUT2D eigenvalue weighted by Gasteiger charge is 2.45. The predicted octanol–water partition coefficient (Wildman–Crippen LogP) is 4.84. The van der Waals surface area contributed by atoms with Gasteiger partial charge in [0.1, 0.15) is 11.4 Å². The Hall–Kier alpha value is -3.80. The smallest absolute Gasteiger partial charge is 0.350 e. The molecule has 42 heavy (non-hydrogen) atoms. The minimum absolute atomic E-state index is 0.0868. The zero-order valence-corrected chi connectivity index (χ0v) is 23.7. The lowest BCUT2D eigenvalue weighted by molar-refractivity contribution is -0.160. The fourth-order valence-corrected chi connectivity index (χ4v) is 5.71. The number of aliphatic hydroxyl groups excluding tert-OH is 1. The van der Waals surface area contributed by atoms with Gasteiger partial charge in [0, 0.05) is 55.5 Å². The second-order valence-electron chi connectivity index (χ2n) is 10.9. The van der Waals surface area contributed by atoms with Crippen molar-refractivity contribution in [3.63, 3.8) is 0 Å². The summed E-state index contributed by atoms with van der Waals surface area (Å²) in [7, 11) is 0. The van der Waals surface area contributed by atoms with Gasteiger partial charge >= 0.3 is 5.92 Å². The lowest BCUT2D eigenvalue weighted by Gasteiger charge is -2.36. The Labute approximate surface area is 246 Å². The topological polar surface area (TPSA) is 118 Å². The molecule has 0 unspecified atom stereocenters. The molecule has 1 aliphatic carbocycles. The van der Waals surface area contributed by atoms with Crippen molar-refractivity contribution in [2.75, 3.05) is 38.0 Å². The van der Waals surface area contributed by atoms with Crippen LogP contribution in [0.3, 0.4) is 0 Å². The number of imidazole rings is 1. The van der Waals surface area contributed by atoms with Gasteiger partial charge in [0.2, 0.25) is 5.88 Å². The van der Waals surface area contributed by atoms with E-state index in [-0.39, 0.29) is 42.4 Å². The van der Waals surface area contributed by atoms with Gasteiger partial charge in [-0.25, -0.2) is 9.97 Å². The van der Waals surface area contributed by atoms with Gasteiger partial charge in [-0.2, -0.15) is 8.78 Å². The maximum Gasteiger partial charge on any atom is 0.350 e. The molecule has 1 saturated carbocycles. The fraction of sp³-hybridized carbons (Fsp3) is 0.367. The highest BCUT2D eigenvalue weighted by atomic mass is 35.5. The maximum atomic E-state index is 15.6. The molecule has 12 heteroatoms. The van der Waals surface area contributed by atoms with Crippen molar-refractivity contribution in [1.29, 1.82) is 0 Å². The fourth-order valence-electron chi connectivity index (χ4n) is 5.51. The first kappa shape index (κ1) is 28.3. The number of benzene rings is 2. The second-order valence-corrected chi connectivity index (χ2v) is 11.4. The zero-order valence-electron chi connectivity index (χ0n) is 22.9. The number of rotatable bonds is 8. The summed E-state index contributed by atoms with van der Waals surface area (Å²) in [6.07, 6.45) is 2.77. The summed E-state index contributed by atoms with van der Waals surface area (Å²) in [6.45, 7) is 3.51. The van der Waals surface area contributed by atoms with Crippen molar-refractivity contribution < 1.29 is 23.8 Å². The average Bonchev–Trinajstić information content (AvgIpc) is 3.74. The van der Waals surface area contributed by atoms with E-state index in [1.807, 2.05) is 0 Å². The molecule has 4 aromatic rings. The molecule has 4 N–H and O–H groups in total. The molecule has 0 bridgehead atoms. The Morgan fingerprint density at radius 2 is 1.95 bits per heavy atom. The van der Waals surface area contributed by atoms with Gasteiger partial charge in [-0.1, -0.05) is 23.7 Å². The van der Waals surface area contributed by atoms with E-state index in [4.69, 9.17) is 11.6 Å². The maximum absolute atomic E-state index is 15.6. The molecule has 1 atom stereocenters. The summed E-state index contributed by atoms with van der Waals surface area (Å²) in [6, 6.07) is 11.5. The first-order valence-electron chi connectivity index (χ1n) is 13.9. The molecule has 2 aromatic heterocycles. The van der Waals surface area contributed by atoms with Crippen LogP contribution < -0.4 is 5.32 Å². The van der Waals surface area contributed by atoms with Crippen LogP contribution in [0, 0.1) is 6.92 Å². The van der Waals surface area contributed by atoms with Crippen LogP contribution in [0.15, 0.2) is 48.7 Å². The number of fused-ring (bicyclic) bond motifs is 1. The van der Waals surface area contributed by atoms with Gasteiger partial charge in [0.05, 0.1) is 22.8 Å². The number of carbonyl (C=O) groups is 1. The molecule has 2 aromatic carbocycles. The van der Waals surface area contributed by atoms with Gasteiger partial charge in [-0.15, -0.1) is 0 Å². The van der Waals surface area contributed by atoms with Gasteiger partial charge in [0.15, 0.2) is 0 Å². The molecule has 1 amide bonds. The van der Waals surface area contributed by atoms with Gasteiger partial charge in [0.25, 0.3) is 5.91 Å². The van der Waals surface area contributed by atoms with Crippen LogP contribution in [-0.2, 0) is 10.7 Å². The lowest BCUT2D eigenvalue weighted by atomic mass is 10.0. The molecular formula is C30H31ClF2N6O3. The summed E-state index contributed by atoms with van der Waals surface area (Å²) < 4.78 is 31.1. The van der Waals surface area contributed by atoms with Crippen molar-refractivity contribution in [1.82, 2.24) is 24.8 Å². The van der Waals surface area contributed by atoms with E-state index in [2.05, 4.69) is 25.2 Å². The van der Waals surface area contributed by atoms with Crippen LogP contribution in [-0.4, -0.2) is 79.6 Å². The monoisotopic (exact) mass is 596 g/mol. The number of nitrogens with zero attached hydrogens (tertiary/aromatic N) is 4. The predicted molar refractivity (Wildman–Crippen MR) is 156 cm³/mol. The summed E-state index contributed by atoms with van der Waals surface area (Å²) in [5.74, 6) is -5.07. The number of aromatic amines is 1. The van der Waals surface area contributed by atoms with E-state index >= 15 is 8.78 Å². The molecule has 0 spiro atoms. The quantitative estimate of drug-likeness (QED) is 0.230. The van der Waals surface area contributed by atoms with Crippen LogP contribution in [0.4, 0.5) is 14.5 Å². The van der Waals surface area contributed by atoms with E-state index in [1.165, 1.54) is 23.2 Å². The molecular weight excluding hydrogens is 566 g/mol. The van der Waals surface area contributed by atoms with E-state index < -0.39 is 23.5 Å². The first-order chi connectivity index (χ1) is 20.1. The number of hydrogen-bond donors (Lipinski definition) is 4. The van der Waals surface area contributed by atoms with Crippen LogP contribution in [0.5, 0.6) is 5.88 Å². The van der Waals surface area contributed by atoms with Crippen molar-refractivity contribution in [2.24, 2.45) is 0 Å². The highest BCUT2D eigenvalue weighted by molar-refractivity contribution is 6.30. The lowest BCUT2D eigenvalue weighted by Crippen LogP contribution is -2.53. The molecule has 2 aliphatic rings. The second kappa shape index (κ2) is 11.1. The Kier molecular flexibility index (Phi) is 7.50. The summed E-state index contributed by atoms with van der Waals surface area (Å²) in [5, 5.41) is 24.9. The molecule has 9 nitrogen and oxygen atoms in total. The van der Waals surface area contributed by atoms with Crippen LogP contribution in [0.2, 0.25) is 5.02 Å². The summed E-state index contributed by atoms with van der Waals surface area (Å²) in [5.41, 5.74) is 2.00. The van der Waals surface area contributed by atoms with E-state index in [0.29, 0.717) is 46.5 Å². The number of carbonyl (C=O) groups excluding carboxylic acids is 1. The number of amides is 1. The van der Waals surface area contributed by atoms with Crippen molar-refractivity contribution >= 4 is 34.2 Å².